The number of carbonyl (C=O) groups is 1. The summed E-state index contributed by atoms with van der Waals surface area (Å²) in [6, 6.07) is 13.5. The number of benzene rings is 2. The molecule has 0 aliphatic heterocycles. The zero-order chi connectivity index (χ0) is 19.2. The Bertz CT molecular complexity index is 1150. The third kappa shape index (κ3) is 2.93. The minimum Gasteiger partial charge on any atom is -0.465 e. The number of rotatable bonds is 2. The number of hydrogen-bond acceptors (Lipinski definition) is 5. The quantitative estimate of drug-likeness (QED) is 0.505. The molecule has 0 saturated carbocycles. The molecule has 2 aromatic heterocycles. The summed E-state index contributed by atoms with van der Waals surface area (Å²) in [5.41, 5.74) is 5.57. The second-order valence-corrected chi connectivity index (χ2v) is 7.48. The smallest absolute Gasteiger partial charge is 0.337 e. The van der Waals surface area contributed by atoms with E-state index in [-0.39, 0.29) is 5.41 Å². The number of methoxy groups -OCH3 is 1. The maximum Gasteiger partial charge on any atom is 0.337 e. The molecule has 0 aliphatic carbocycles. The standard InChI is InChI=1S/C21H20N4O2/c1-21(2,3)15-8-5-13(6-9-15)18-19-22-12-23-25(19)17-10-7-14(20(26)27-4)11-16(17)24-18/h5-12H,1-4H3. The molecule has 2 heterocycles. The van der Waals surface area contributed by atoms with Crippen LogP contribution >= 0.6 is 0 Å². The van der Waals surface area contributed by atoms with Crippen molar-refractivity contribution < 1.29 is 9.53 Å². The van der Waals surface area contributed by atoms with Gasteiger partial charge in [-0.1, -0.05) is 45.0 Å². The summed E-state index contributed by atoms with van der Waals surface area (Å²) in [6.45, 7) is 6.55. The van der Waals surface area contributed by atoms with Crippen LogP contribution in [-0.2, 0) is 10.2 Å². The SMILES string of the molecule is COC(=O)c1ccc2c(c1)nc(-c1ccc(C(C)(C)C)cc1)c1ncnn12. The molecule has 0 N–H and O–H groups in total. The second-order valence-electron chi connectivity index (χ2n) is 7.48. The topological polar surface area (TPSA) is 69.4 Å². The van der Waals surface area contributed by atoms with Crippen LogP contribution in [-0.4, -0.2) is 32.7 Å². The lowest BCUT2D eigenvalue weighted by Crippen LogP contribution is -2.10. The Kier molecular flexibility index (Phi) is 3.91. The summed E-state index contributed by atoms with van der Waals surface area (Å²) in [4.78, 5) is 21.0. The molecule has 0 unspecified atom stereocenters. The first kappa shape index (κ1) is 17.1. The molecule has 0 saturated heterocycles. The first-order valence-electron chi connectivity index (χ1n) is 8.71. The van der Waals surface area contributed by atoms with Crippen molar-refractivity contribution in [3.8, 4) is 11.3 Å². The average Bonchev–Trinajstić information content (AvgIpc) is 3.15. The number of hydrogen-bond donors (Lipinski definition) is 0. The molecule has 0 spiro atoms. The van der Waals surface area contributed by atoms with Crippen LogP contribution in [0.2, 0.25) is 0 Å². The molecule has 0 amide bonds. The molecular formula is C21H20N4O2. The summed E-state index contributed by atoms with van der Waals surface area (Å²) in [6.07, 6.45) is 1.51. The van der Waals surface area contributed by atoms with Gasteiger partial charge >= 0.3 is 5.97 Å². The van der Waals surface area contributed by atoms with Crippen molar-refractivity contribution in [1.29, 1.82) is 0 Å². The van der Waals surface area contributed by atoms with Gasteiger partial charge < -0.3 is 4.74 Å². The van der Waals surface area contributed by atoms with Crippen LogP contribution in [0.1, 0.15) is 36.7 Å². The van der Waals surface area contributed by atoms with Crippen molar-refractivity contribution in [3.63, 3.8) is 0 Å². The Morgan fingerprint density at radius 3 is 2.48 bits per heavy atom. The fourth-order valence-electron chi connectivity index (χ4n) is 3.11. The Hall–Kier alpha value is -3.28. The molecule has 0 bridgehead atoms. The molecule has 0 aliphatic rings. The normalized spacial score (nSPS) is 11.9. The number of carbonyl (C=O) groups excluding carboxylic acids is 1. The Balaban J connectivity index is 1.93. The highest BCUT2D eigenvalue weighted by Crippen LogP contribution is 2.28. The molecule has 6 heteroatoms. The van der Waals surface area contributed by atoms with Crippen molar-refractivity contribution in [2.24, 2.45) is 0 Å². The lowest BCUT2D eigenvalue weighted by molar-refractivity contribution is 0.0601. The fraction of sp³-hybridized carbons (Fsp3) is 0.238. The van der Waals surface area contributed by atoms with E-state index in [4.69, 9.17) is 9.72 Å². The van der Waals surface area contributed by atoms with E-state index in [1.807, 2.05) is 18.2 Å². The predicted octanol–water partition coefficient (Wildman–Crippen LogP) is 4.03. The molecule has 0 atom stereocenters. The molecule has 2 aromatic carbocycles. The van der Waals surface area contributed by atoms with Crippen LogP contribution in [0.15, 0.2) is 48.8 Å². The number of esters is 1. The maximum absolute atomic E-state index is 11.9. The van der Waals surface area contributed by atoms with Crippen LogP contribution in [0, 0.1) is 0 Å². The number of nitrogens with zero attached hydrogens (tertiary/aromatic N) is 4. The third-order valence-corrected chi connectivity index (χ3v) is 4.64. The molecule has 136 valence electrons. The summed E-state index contributed by atoms with van der Waals surface area (Å²) >= 11 is 0. The monoisotopic (exact) mass is 360 g/mol. The van der Waals surface area contributed by atoms with Gasteiger partial charge in [-0.25, -0.2) is 19.3 Å². The van der Waals surface area contributed by atoms with Gasteiger partial charge in [0.05, 0.1) is 23.7 Å². The van der Waals surface area contributed by atoms with Crippen molar-refractivity contribution in [2.75, 3.05) is 7.11 Å². The van der Waals surface area contributed by atoms with Crippen molar-refractivity contribution >= 4 is 22.6 Å². The average molecular weight is 360 g/mol. The largest absolute Gasteiger partial charge is 0.465 e. The summed E-state index contributed by atoms with van der Waals surface area (Å²) in [5, 5.41) is 4.33. The first-order chi connectivity index (χ1) is 12.9. The Morgan fingerprint density at radius 2 is 1.81 bits per heavy atom. The summed E-state index contributed by atoms with van der Waals surface area (Å²) < 4.78 is 6.56. The van der Waals surface area contributed by atoms with Gasteiger partial charge in [-0.3, -0.25) is 0 Å². The summed E-state index contributed by atoms with van der Waals surface area (Å²) in [7, 11) is 1.36. The molecule has 4 aromatic rings. The number of aromatic nitrogens is 4. The number of ether oxygens (including phenoxy) is 1. The van der Waals surface area contributed by atoms with Gasteiger partial charge in [-0.2, -0.15) is 5.10 Å². The lowest BCUT2D eigenvalue weighted by atomic mass is 9.86. The van der Waals surface area contributed by atoms with Crippen LogP contribution in [0.4, 0.5) is 0 Å². The Labute approximate surface area is 156 Å². The van der Waals surface area contributed by atoms with Crippen LogP contribution < -0.4 is 0 Å². The van der Waals surface area contributed by atoms with Crippen LogP contribution in [0.25, 0.3) is 27.9 Å². The summed E-state index contributed by atoms with van der Waals surface area (Å²) in [5.74, 6) is -0.395. The van der Waals surface area contributed by atoms with E-state index >= 15 is 0 Å². The predicted molar refractivity (Wildman–Crippen MR) is 104 cm³/mol. The van der Waals surface area contributed by atoms with Crippen molar-refractivity contribution in [2.45, 2.75) is 26.2 Å². The van der Waals surface area contributed by atoms with Crippen LogP contribution in [0.3, 0.4) is 0 Å². The minimum absolute atomic E-state index is 0.0783. The van der Waals surface area contributed by atoms with Gasteiger partial charge in [0.15, 0.2) is 5.65 Å². The van der Waals surface area contributed by atoms with Gasteiger partial charge in [0.25, 0.3) is 0 Å². The van der Waals surface area contributed by atoms with E-state index in [0.717, 1.165) is 16.8 Å². The Morgan fingerprint density at radius 1 is 1.07 bits per heavy atom. The fourth-order valence-corrected chi connectivity index (χ4v) is 3.11. The third-order valence-electron chi connectivity index (χ3n) is 4.64. The van der Waals surface area contributed by atoms with Gasteiger partial charge in [0.1, 0.15) is 12.0 Å². The van der Waals surface area contributed by atoms with Gasteiger partial charge in [0.2, 0.25) is 0 Å². The molecule has 0 fully saturated rings. The van der Waals surface area contributed by atoms with Gasteiger partial charge in [-0.15, -0.1) is 0 Å². The van der Waals surface area contributed by atoms with E-state index in [1.54, 1.807) is 16.6 Å². The van der Waals surface area contributed by atoms with Gasteiger partial charge in [-0.05, 0) is 29.2 Å². The highest BCUT2D eigenvalue weighted by atomic mass is 16.5. The first-order valence-corrected chi connectivity index (χ1v) is 8.71. The van der Waals surface area contributed by atoms with Crippen LogP contribution in [0.5, 0.6) is 0 Å². The lowest BCUT2D eigenvalue weighted by Gasteiger charge is -2.19. The van der Waals surface area contributed by atoms with E-state index in [2.05, 4.69) is 43.0 Å². The van der Waals surface area contributed by atoms with Gasteiger partial charge in [0, 0.05) is 5.56 Å². The number of fused-ring (bicyclic) bond motifs is 3. The minimum atomic E-state index is -0.395. The molecule has 0 radical (unpaired) electrons. The molecule has 6 nitrogen and oxygen atoms in total. The van der Waals surface area contributed by atoms with E-state index in [9.17, 15) is 4.79 Å². The van der Waals surface area contributed by atoms with E-state index in [0.29, 0.717) is 16.7 Å². The molecular weight excluding hydrogens is 340 g/mol. The van der Waals surface area contributed by atoms with E-state index in [1.165, 1.54) is 19.0 Å². The molecule has 4 rings (SSSR count). The molecule has 27 heavy (non-hydrogen) atoms. The van der Waals surface area contributed by atoms with E-state index < -0.39 is 5.97 Å². The highest BCUT2D eigenvalue weighted by molar-refractivity contribution is 5.95. The maximum atomic E-state index is 11.9. The second kappa shape index (κ2) is 6.16. The zero-order valence-electron chi connectivity index (χ0n) is 15.7. The van der Waals surface area contributed by atoms with Crippen molar-refractivity contribution in [3.05, 3.63) is 59.9 Å². The van der Waals surface area contributed by atoms with Crippen molar-refractivity contribution in [1.82, 2.24) is 19.6 Å². The zero-order valence-corrected chi connectivity index (χ0v) is 15.7. The highest BCUT2D eigenvalue weighted by Gasteiger charge is 2.17.